The highest BCUT2D eigenvalue weighted by atomic mass is 79.9. The third-order valence-electron chi connectivity index (χ3n) is 6.18. The molecule has 1 unspecified atom stereocenters. The van der Waals surface area contributed by atoms with E-state index in [-0.39, 0.29) is 42.4 Å². The molecule has 10 nitrogen and oxygen atoms in total. The van der Waals surface area contributed by atoms with Crippen molar-refractivity contribution in [2.45, 2.75) is 25.1 Å². The summed E-state index contributed by atoms with van der Waals surface area (Å²) < 4.78 is 27.5. The summed E-state index contributed by atoms with van der Waals surface area (Å²) in [6, 6.07) is 15.4. The molecule has 1 aliphatic heterocycles. The number of anilines is 2. The number of amides is 2. The van der Waals surface area contributed by atoms with E-state index in [1.807, 2.05) is 6.07 Å². The third kappa shape index (κ3) is 6.70. The maximum atomic E-state index is 15.9. The lowest BCUT2D eigenvalue weighted by atomic mass is 10.0. The number of methoxy groups -OCH3 is 1. The van der Waals surface area contributed by atoms with Gasteiger partial charge in [-0.1, -0.05) is 12.1 Å². The van der Waals surface area contributed by atoms with Gasteiger partial charge < -0.3 is 25.2 Å². The molecule has 0 radical (unpaired) electrons. The molecule has 0 bridgehead atoms. The number of carbonyl (C=O) groups is 3. The van der Waals surface area contributed by atoms with E-state index in [1.54, 1.807) is 18.2 Å². The van der Waals surface area contributed by atoms with Crippen LogP contribution < -0.4 is 20.1 Å². The number of nitrogens with one attached hydrogen (secondary N) is 2. The fraction of sp³-hybridized carbons (Fsp3) is 0.259. The van der Waals surface area contributed by atoms with E-state index in [0.29, 0.717) is 28.9 Å². The van der Waals surface area contributed by atoms with Gasteiger partial charge in [0.15, 0.2) is 5.78 Å². The number of ketones is 1. The zero-order valence-electron chi connectivity index (χ0n) is 20.9. The average Bonchev–Trinajstić information content (AvgIpc) is 3.31. The zero-order chi connectivity index (χ0) is 28.0. The Bertz CT molecular complexity index is 1370. The van der Waals surface area contributed by atoms with Crippen LogP contribution in [0.4, 0.5) is 20.6 Å². The Hall–Kier alpha value is -4.03. The number of carbonyl (C=O) groups excluding carboxylic acids is 2. The van der Waals surface area contributed by atoms with Crippen LogP contribution in [0.3, 0.4) is 0 Å². The van der Waals surface area contributed by atoms with Crippen LogP contribution >= 0.6 is 15.9 Å². The number of urea groups is 1. The molecule has 1 aliphatic rings. The second-order valence-electron chi connectivity index (χ2n) is 8.75. The number of Topliss-reactive ketones (excluding diaryl/α,β-unsaturated/α-hetero) is 1. The molecule has 1 atom stereocenters. The Morgan fingerprint density at radius 1 is 1.08 bits per heavy atom. The van der Waals surface area contributed by atoms with Crippen molar-refractivity contribution in [3.8, 4) is 11.6 Å². The summed E-state index contributed by atoms with van der Waals surface area (Å²) in [6.45, 7) is 0.141. The molecule has 1 saturated heterocycles. The third-order valence-corrected chi connectivity index (χ3v) is 6.87. The lowest BCUT2D eigenvalue weighted by Crippen LogP contribution is -2.49. The monoisotopic (exact) mass is 600 g/mol. The van der Waals surface area contributed by atoms with Crippen LogP contribution in [0.1, 0.15) is 28.9 Å². The Balaban J connectivity index is 1.38. The number of hydrogen-bond donors (Lipinski definition) is 3. The van der Waals surface area contributed by atoms with Gasteiger partial charge in [-0.15, -0.1) is 0 Å². The first-order valence-electron chi connectivity index (χ1n) is 12.0. The van der Waals surface area contributed by atoms with E-state index >= 15 is 4.39 Å². The standard InChI is InChI=1S/C27H26BrFN4O6/c1-38-24-22(32-26(37)31-21-6-3-2-5-20(21)28)12-9-18(30-24)15-23(34)27(29)13-4-14-33(27)16-39-19-10-7-17(8-11-19)25(35)36/h2-3,5-12H,4,13-16H2,1H3,(H,35,36)(H2,31,32,37). The summed E-state index contributed by atoms with van der Waals surface area (Å²) in [6.07, 6.45) is 0.190. The molecule has 0 aliphatic carbocycles. The molecule has 1 aromatic heterocycles. The quantitative estimate of drug-likeness (QED) is 0.274. The van der Waals surface area contributed by atoms with Crippen LogP contribution in [-0.4, -0.2) is 59.0 Å². The molecule has 0 spiro atoms. The van der Waals surface area contributed by atoms with Gasteiger partial charge in [0.2, 0.25) is 11.7 Å². The molecule has 204 valence electrons. The van der Waals surface area contributed by atoms with Gasteiger partial charge in [-0.2, -0.15) is 0 Å². The predicted molar refractivity (Wildman–Crippen MR) is 145 cm³/mol. The first-order valence-corrected chi connectivity index (χ1v) is 12.8. The molecular formula is C27H26BrFN4O6. The van der Waals surface area contributed by atoms with Gasteiger partial charge in [0.25, 0.3) is 0 Å². The molecule has 2 heterocycles. The number of para-hydroxylation sites is 1. The van der Waals surface area contributed by atoms with Gasteiger partial charge in [-0.3, -0.25) is 4.79 Å². The van der Waals surface area contributed by atoms with Crippen molar-refractivity contribution in [2.75, 3.05) is 31.0 Å². The number of carboxylic acid groups (broad SMARTS) is 1. The van der Waals surface area contributed by atoms with E-state index < -0.39 is 23.6 Å². The minimum absolute atomic E-state index is 0.0130. The Kier molecular flexibility index (Phi) is 8.77. The minimum Gasteiger partial charge on any atom is -0.480 e. The number of aromatic nitrogens is 1. The number of pyridine rings is 1. The maximum absolute atomic E-state index is 15.9. The highest BCUT2D eigenvalue weighted by molar-refractivity contribution is 9.10. The van der Waals surface area contributed by atoms with Crippen LogP contribution in [0, 0.1) is 0 Å². The molecule has 0 saturated carbocycles. The van der Waals surface area contributed by atoms with Gasteiger partial charge in [0.1, 0.15) is 18.2 Å². The van der Waals surface area contributed by atoms with E-state index in [2.05, 4.69) is 31.5 Å². The van der Waals surface area contributed by atoms with Gasteiger partial charge in [0, 0.05) is 17.4 Å². The molecule has 3 N–H and O–H groups in total. The van der Waals surface area contributed by atoms with Crippen molar-refractivity contribution in [1.29, 1.82) is 0 Å². The van der Waals surface area contributed by atoms with E-state index in [1.165, 1.54) is 48.4 Å². The highest BCUT2D eigenvalue weighted by Gasteiger charge is 2.48. The summed E-state index contributed by atoms with van der Waals surface area (Å²) in [5, 5.41) is 14.4. The van der Waals surface area contributed by atoms with Crippen LogP contribution in [0.2, 0.25) is 0 Å². The number of ether oxygens (including phenoxy) is 2. The first kappa shape index (κ1) is 28.0. The normalized spacial score (nSPS) is 16.9. The topological polar surface area (TPSA) is 130 Å². The van der Waals surface area contributed by atoms with Crippen molar-refractivity contribution in [1.82, 2.24) is 9.88 Å². The summed E-state index contributed by atoms with van der Waals surface area (Å²) in [7, 11) is 1.38. The number of rotatable bonds is 10. The zero-order valence-corrected chi connectivity index (χ0v) is 22.5. The largest absolute Gasteiger partial charge is 0.480 e. The molecule has 2 aromatic carbocycles. The van der Waals surface area contributed by atoms with Gasteiger partial charge >= 0.3 is 12.0 Å². The highest BCUT2D eigenvalue weighted by Crippen LogP contribution is 2.33. The van der Waals surface area contributed by atoms with Crippen molar-refractivity contribution in [3.63, 3.8) is 0 Å². The molecule has 1 fully saturated rings. The van der Waals surface area contributed by atoms with E-state index in [0.717, 1.165) is 0 Å². The van der Waals surface area contributed by atoms with Gasteiger partial charge in [0.05, 0.1) is 30.5 Å². The van der Waals surface area contributed by atoms with Crippen LogP contribution in [-0.2, 0) is 11.2 Å². The first-order chi connectivity index (χ1) is 18.7. The number of benzene rings is 2. The average molecular weight is 601 g/mol. The van der Waals surface area contributed by atoms with Crippen molar-refractivity contribution in [3.05, 3.63) is 76.4 Å². The summed E-state index contributed by atoms with van der Waals surface area (Å²) >= 11 is 3.36. The molecule has 12 heteroatoms. The smallest absolute Gasteiger partial charge is 0.335 e. The Morgan fingerprint density at radius 2 is 1.79 bits per heavy atom. The van der Waals surface area contributed by atoms with E-state index in [9.17, 15) is 14.4 Å². The molecule has 39 heavy (non-hydrogen) atoms. The van der Waals surface area contributed by atoms with Crippen molar-refractivity contribution < 1.29 is 33.4 Å². The number of nitrogens with zero attached hydrogens (tertiary/aromatic N) is 2. The lowest BCUT2D eigenvalue weighted by Gasteiger charge is -2.29. The SMILES string of the molecule is COc1nc(CC(=O)C2(F)CCCN2COc2ccc(C(=O)O)cc2)ccc1NC(=O)Nc1ccccc1Br. The number of carboxylic acids is 1. The predicted octanol–water partition coefficient (Wildman–Crippen LogP) is 5.10. The summed E-state index contributed by atoms with van der Waals surface area (Å²) in [5.74, 6) is -3.54. The van der Waals surface area contributed by atoms with Crippen LogP contribution in [0.25, 0.3) is 0 Å². The Morgan fingerprint density at radius 3 is 2.49 bits per heavy atom. The number of halogens is 2. The minimum atomic E-state index is -2.24. The van der Waals surface area contributed by atoms with Crippen molar-refractivity contribution >= 4 is 45.1 Å². The second-order valence-corrected chi connectivity index (χ2v) is 9.60. The van der Waals surface area contributed by atoms with Gasteiger partial charge in [-0.25, -0.2) is 23.9 Å². The van der Waals surface area contributed by atoms with Gasteiger partial charge in [-0.05, 0) is 70.9 Å². The van der Waals surface area contributed by atoms with Crippen LogP contribution in [0.5, 0.6) is 11.6 Å². The fourth-order valence-electron chi connectivity index (χ4n) is 4.13. The molecule has 2 amide bonds. The summed E-state index contributed by atoms with van der Waals surface area (Å²) in [4.78, 5) is 42.1. The Labute approximate surface area is 232 Å². The molecule has 4 rings (SSSR count). The fourth-order valence-corrected chi connectivity index (χ4v) is 4.52. The second kappa shape index (κ2) is 12.2. The lowest BCUT2D eigenvalue weighted by molar-refractivity contribution is -0.144. The number of alkyl halides is 1. The molecule has 3 aromatic rings. The number of likely N-dealkylation sites (tertiary alicyclic amines) is 1. The number of hydrogen-bond acceptors (Lipinski definition) is 7. The van der Waals surface area contributed by atoms with Crippen molar-refractivity contribution in [2.24, 2.45) is 0 Å². The summed E-state index contributed by atoms with van der Waals surface area (Å²) in [5.41, 5.74) is 1.23. The maximum Gasteiger partial charge on any atom is 0.335 e. The number of aromatic carboxylic acids is 1. The molecular weight excluding hydrogens is 575 g/mol. The van der Waals surface area contributed by atoms with E-state index in [4.69, 9.17) is 14.6 Å². The van der Waals surface area contributed by atoms with Crippen LogP contribution in [0.15, 0.2) is 65.1 Å².